The van der Waals surface area contributed by atoms with Crippen molar-refractivity contribution in [2.45, 2.75) is 24.9 Å². The summed E-state index contributed by atoms with van der Waals surface area (Å²) >= 11 is 0. The highest BCUT2D eigenvalue weighted by Crippen LogP contribution is 2.30. The Morgan fingerprint density at radius 2 is 1.18 bits per heavy atom. The maximum atomic E-state index is 6.05. The predicted octanol–water partition coefficient (Wildman–Crippen LogP) is 4.04. The third-order valence-corrected chi connectivity index (χ3v) is 4.17. The van der Waals surface area contributed by atoms with Crippen LogP contribution < -0.4 is 5.73 Å². The average Bonchev–Trinajstić information content (AvgIpc) is 2.52. The third kappa shape index (κ3) is 4.47. The van der Waals surface area contributed by atoms with Crippen LogP contribution in [0, 0.1) is 0 Å². The first kappa shape index (κ1) is 19.0. The number of hydrogen-bond donors (Lipinski definition) is 1. The molecule has 1 fully saturated rings. The van der Waals surface area contributed by atoms with Crippen LogP contribution in [0.4, 0.5) is 0 Å². The highest BCUT2D eigenvalue weighted by molar-refractivity contribution is 5.85. The first-order chi connectivity index (χ1) is 9.84. The largest absolute Gasteiger partial charge is 0.328 e. The Morgan fingerprint density at radius 1 is 0.773 bits per heavy atom. The van der Waals surface area contributed by atoms with Crippen LogP contribution >= 0.6 is 24.8 Å². The maximum absolute atomic E-state index is 6.05. The second-order valence-electron chi connectivity index (χ2n) is 5.60. The first-order valence-corrected chi connectivity index (χ1v) is 7.44. The number of likely N-dealkylation sites (tertiary alicyclic amines) is 1. The van der Waals surface area contributed by atoms with Gasteiger partial charge in [-0.25, -0.2) is 0 Å². The van der Waals surface area contributed by atoms with Crippen molar-refractivity contribution in [3.05, 3.63) is 71.8 Å². The van der Waals surface area contributed by atoms with Crippen LogP contribution in [0.5, 0.6) is 0 Å². The molecule has 1 saturated heterocycles. The van der Waals surface area contributed by atoms with Gasteiger partial charge in [0, 0.05) is 19.1 Å². The highest BCUT2D eigenvalue weighted by atomic mass is 35.5. The molecule has 0 aromatic heterocycles. The quantitative estimate of drug-likeness (QED) is 0.914. The molecule has 0 spiro atoms. The summed E-state index contributed by atoms with van der Waals surface area (Å²) < 4.78 is 0. The zero-order valence-corrected chi connectivity index (χ0v) is 14.2. The van der Waals surface area contributed by atoms with Gasteiger partial charge in [0.05, 0.1) is 6.04 Å². The predicted molar refractivity (Wildman–Crippen MR) is 98.0 cm³/mol. The van der Waals surface area contributed by atoms with Crippen molar-refractivity contribution in [2.75, 3.05) is 13.1 Å². The summed E-state index contributed by atoms with van der Waals surface area (Å²) in [4.78, 5) is 2.56. The number of nitrogens with two attached hydrogens (primary N) is 1. The average molecular weight is 339 g/mol. The Bertz CT molecular complexity index is 486. The molecule has 2 nitrogen and oxygen atoms in total. The van der Waals surface area contributed by atoms with E-state index in [2.05, 4.69) is 65.6 Å². The first-order valence-electron chi connectivity index (χ1n) is 7.44. The van der Waals surface area contributed by atoms with Crippen molar-refractivity contribution in [1.82, 2.24) is 4.90 Å². The molecule has 22 heavy (non-hydrogen) atoms. The maximum Gasteiger partial charge on any atom is 0.0601 e. The fraction of sp³-hybridized carbons (Fsp3) is 0.333. The van der Waals surface area contributed by atoms with Gasteiger partial charge in [0.25, 0.3) is 0 Å². The van der Waals surface area contributed by atoms with Crippen LogP contribution in [0.25, 0.3) is 0 Å². The standard InChI is InChI=1S/C18H22N2.2ClH/c19-17-11-13-20(14-12-17)18(15-7-3-1-4-8-15)16-9-5-2-6-10-16;;/h1-10,17-18H,11-14,19H2;2*1H. The summed E-state index contributed by atoms with van der Waals surface area (Å²) in [5.74, 6) is 0. The molecule has 120 valence electrons. The molecule has 4 heteroatoms. The normalized spacial score (nSPS) is 15.9. The Hall–Kier alpha value is -1.06. The highest BCUT2D eigenvalue weighted by Gasteiger charge is 2.25. The molecular weight excluding hydrogens is 315 g/mol. The molecule has 1 heterocycles. The lowest BCUT2D eigenvalue weighted by atomic mass is 9.94. The lowest BCUT2D eigenvalue weighted by molar-refractivity contribution is 0.175. The number of rotatable bonds is 3. The monoisotopic (exact) mass is 338 g/mol. The minimum atomic E-state index is 0. The Morgan fingerprint density at radius 3 is 1.59 bits per heavy atom. The van der Waals surface area contributed by atoms with Crippen LogP contribution in [-0.4, -0.2) is 24.0 Å². The Kier molecular flexibility index (Phi) is 7.91. The number of hydrogen-bond acceptors (Lipinski definition) is 2. The van der Waals surface area contributed by atoms with Gasteiger partial charge >= 0.3 is 0 Å². The van der Waals surface area contributed by atoms with E-state index >= 15 is 0 Å². The zero-order chi connectivity index (χ0) is 13.8. The molecule has 3 rings (SSSR count). The molecular formula is C18H24Cl2N2. The van der Waals surface area contributed by atoms with Crippen LogP contribution in [0.3, 0.4) is 0 Å². The summed E-state index contributed by atoms with van der Waals surface area (Å²) in [6, 6.07) is 22.3. The van der Waals surface area contributed by atoms with Crippen LogP contribution in [-0.2, 0) is 0 Å². The Labute approximate surface area is 145 Å². The van der Waals surface area contributed by atoms with E-state index < -0.39 is 0 Å². The molecule has 1 aliphatic heterocycles. The van der Waals surface area contributed by atoms with E-state index in [4.69, 9.17) is 5.73 Å². The summed E-state index contributed by atoms with van der Waals surface area (Å²) in [6.45, 7) is 2.16. The summed E-state index contributed by atoms with van der Waals surface area (Å²) in [6.07, 6.45) is 2.19. The fourth-order valence-electron chi connectivity index (χ4n) is 3.06. The number of nitrogens with zero attached hydrogens (tertiary/aromatic N) is 1. The molecule has 0 amide bonds. The second-order valence-corrected chi connectivity index (χ2v) is 5.60. The molecule has 0 unspecified atom stereocenters. The van der Waals surface area contributed by atoms with E-state index in [-0.39, 0.29) is 24.8 Å². The van der Waals surface area contributed by atoms with Gasteiger partial charge in [-0.2, -0.15) is 0 Å². The summed E-state index contributed by atoms with van der Waals surface area (Å²) in [7, 11) is 0. The molecule has 0 bridgehead atoms. The van der Waals surface area contributed by atoms with Crippen LogP contribution in [0.2, 0.25) is 0 Å². The van der Waals surface area contributed by atoms with Gasteiger partial charge in [0.1, 0.15) is 0 Å². The van der Waals surface area contributed by atoms with E-state index in [0.717, 1.165) is 25.9 Å². The minimum Gasteiger partial charge on any atom is -0.328 e. The molecule has 0 aliphatic carbocycles. The van der Waals surface area contributed by atoms with Gasteiger partial charge in [-0.1, -0.05) is 60.7 Å². The van der Waals surface area contributed by atoms with Crippen molar-refractivity contribution < 1.29 is 0 Å². The molecule has 2 aromatic carbocycles. The van der Waals surface area contributed by atoms with Crippen molar-refractivity contribution in [3.63, 3.8) is 0 Å². The second kappa shape index (κ2) is 9.16. The van der Waals surface area contributed by atoms with Crippen LogP contribution in [0.1, 0.15) is 30.0 Å². The Balaban J connectivity index is 0.00000121. The van der Waals surface area contributed by atoms with Crippen molar-refractivity contribution in [1.29, 1.82) is 0 Å². The third-order valence-electron chi connectivity index (χ3n) is 4.17. The topological polar surface area (TPSA) is 29.3 Å². The number of benzene rings is 2. The molecule has 2 N–H and O–H groups in total. The van der Waals surface area contributed by atoms with E-state index in [0.29, 0.717) is 12.1 Å². The van der Waals surface area contributed by atoms with Gasteiger partial charge in [-0.15, -0.1) is 24.8 Å². The van der Waals surface area contributed by atoms with Gasteiger partial charge < -0.3 is 5.73 Å². The SMILES string of the molecule is Cl.Cl.NC1CCN(C(c2ccccc2)c2ccccc2)CC1. The molecule has 0 saturated carbocycles. The van der Waals surface area contributed by atoms with E-state index in [1.54, 1.807) is 0 Å². The van der Waals surface area contributed by atoms with Gasteiger partial charge in [-0.05, 0) is 24.0 Å². The summed E-state index contributed by atoms with van der Waals surface area (Å²) in [5.41, 5.74) is 8.79. The van der Waals surface area contributed by atoms with Crippen molar-refractivity contribution >= 4 is 24.8 Å². The lowest BCUT2D eigenvalue weighted by Crippen LogP contribution is -2.41. The minimum absolute atomic E-state index is 0. The number of halogens is 2. The van der Waals surface area contributed by atoms with Crippen molar-refractivity contribution in [2.24, 2.45) is 5.73 Å². The lowest BCUT2D eigenvalue weighted by Gasteiger charge is -2.37. The van der Waals surface area contributed by atoms with Gasteiger partial charge in [-0.3, -0.25) is 4.90 Å². The molecule has 1 aliphatic rings. The molecule has 0 atom stereocenters. The molecule has 2 aromatic rings. The zero-order valence-electron chi connectivity index (χ0n) is 12.6. The van der Waals surface area contributed by atoms with Crippen molar-refractivity contribution in [3.8, 4) is 0 Å². The van der Waals surface area contributed by atoms with Gasteiger partial charge in [0.15, 0.2) is 0 Å². The number of piperidine rings is 1. The van der Waals surface area contributed by atoms with E-state index in [9.17, 15) is 0 Å². The van der Waals surface area contributed by atoms with E-state index in [1.807, 2.05) is 0 Å². The fourth-order valence-corrected chi connectivity index (χ4v) is 3.06. The van der Waals surface area contributed by atoms with E-state index in [1.165, 1.54) is 11.1 Å². The van der Waals surface area contributed by atoms with Crippen LogP contribution in [0.15, 0.2) is 60.7 Å². The molecule has 0 radical (unpaired) electrons. The smallest absolute Gasteiger partial charge is 0.0601 e. The summed E-state index contributed by atoms with van der Waals surface area (Å²) in [5, 5.41) is 0. The van der Waals surface area contributed by atoms with Gasteiger partial charge in [0.2, 0.25) is 0 Å².